The molecule has 0 aliphatic rings. The first kappa shape index (κ1) is 22.1. The molecule has 1 amide bonds. The predicted octanol–water partition coefficient (Wildman–Crippen LogP) is 1.51. The molecule has 0 saturated carbocycles. The van der Waals surface area contributed by atoms with Gasteiger partial charge in [-0.1, -0.05) is 30.3 Å². The summed E-state index contributed by atoms with van der Waals surface area (Å²) in [6.07, 6.45) is 1.04. The lowest BCUT2D eigenvalue weighted by atomic mass is 10.1. The van der Waals surface area contributed by atoms with Crippen molar-refractivity contribution in [3.05, 3.63) is 60.2 Å². The van der Waals surface area contributed by atoms with Gasteiger partial charge in [0, 0.05) is 13.0 Å². The fraction of sp³-hybridized carbons (Fsp3) is 0.316. The zero-order valence-electron chi connectivity index (χ0n) is 15.6. The number of carbonyl (C=O) groups is 1. The summed E-state index contributed by atoms with van der Waals surface area (Å²) in [5.74, 6) is -0.206. The second kappa shape index (κ2) is 9.81. The molecule has 0 unspecified atom stereocenters. The van der Waals surface area contributed by atoms with Crippen LogP contribution < -0.4 is 10.0 Å². The van der Waals surface area contributed by atoms with Gasteiger partial charge < -0.3 is 5.32 Å². The zero-order chi connectivity index (χ0) is 20.6. The van der Waals surface area contributed by atoms with E-state index < -0.39 is 19.9 Å². The third kappa shape index (κ3) is 6.43. The van der Waals surface area contributed by atoms with Gasteiger partial charge in [-0.15, -0.1) is 0 Å². The normalized spacial score (nSPS) is 11.9. The summed E-state index contributed by atoms with van der Waals surface area (Å²) < 4.78 is 49.9. The largest absolute Gasteiger partial charge is 0.356 e. The Hall–Kier alpha value is -2.23. The van der Waals surface area contributed by atoms with Crippen LogP contribution in [0.1, 0.15) is 18.4 Å². The second-order valence-corrected chi connectivity index (χ2v) is 10.2. The summed E-state index contributed by atoms with van der Waals surface area (Å²) in [6.45, 7) is 0.282. The van der Waals surface area contributed by atoms with Crippen molar-refractivity contribution >= 4 is 25.8 Å². The molecule has 0 aromatic heterocycles. The Bertz CT molecular complexity index is 986. The second-order valence-electron chi connectivity index (χ2n) is 6.19. The third-order valence-corrected chi connectivity index (χ3v) is 7.40. The highest BCUT2D eigenvalue weighted by atomic mass is 32.2. The van der Waals surface area contributed by atoms with E-state index in [9.17, 15) is 21.6 Å². The minimum atomic E-state index is -3.47. The zero-order valence-corrected chi connectivity index (χ0v) is 17.2. The van der Waals surface area contributed by atoms with Crippen LogP contribution in [0.2, 0.25) is 0 Å². The summed E-state index contributed by atoms with van der Waals surface area (Å²) >= 11 is 0. The van der Waals surface area contributed by atoms with E-state index in [1.807, 2.05) is 0 Å². The SMILES string of the molecule is CNS(=O)(=O)c1ccc(CCC(=O)NCCCS(=O)(=O)c2ccccc2)cc1. The van der Waals surface area contributed by atoms with Crippen LogP contribution in [0.15, 0.2) is 64.4 Å². The first-order chi connectivity index (χ1) is 13.2. The number of nitrogens with one attached hydrogen (secondary N) is 2. The van der Waals surface area contributed by atoms with Gasteiger partial charge in [0.2, 0.25) is 15.9 Å². The highest BCUT2D eigenvalue weighted by molar-refractivity contribution is 7.91. The summed E-state index contributed by atoms with van der Waals surface area (Å²) in [5.41, 5.74) is 0.844. The van der Waals surface area contributed by atoms with Crippen LogP contribution in [0.3, 0.4) is 0 Å². The maximum atomic E-state index is 12.1. The Morgan fingerprint density at radius 3 is 2.14 bits per heavy atom. The van der Waals surface area contributed by atoms with Crippen LogP contribution in [-0.4, -0.2) is 42.1 Å². The van der Waals surface area contributed by atoms with Gasteiger partial charge in [-0.05, 0) is 49.7 Å². The molecule has 2 rings (SSSR count). The van der Waals surface area contributed by atoms with Crippen LogP contribution in [0, 0.1) is 0 Å². The maximum Gasteiger partial charge on any atom is 0.240 e. The van der Waals surface area contributed by atoms with Crippen molar-refractivity contribution in [2.45, 2.75) is 29.1 Å². The summed E-state index contributed by atoms with van der Waals surface area (Å²) in [6, 6.07) is 14.5. The van der Waals surface area contributed by atoms with Gasteiger partial charge in [0.15, 0.2) is 9.84 Å². The lowest BCUT2D eigenvalue weighted by molar-refractivity contribution is -0.121. The predicted molar refractivity (Wildman–Crippen MR) is 107 cm³/mol. The molecule has 0 aliphatic carbocycles. The molecule has 0 fully saturated rings. The van der Waals surface area contributed by atoms with Crippen molar-refractivity contribution in [1.82, 2.24) is 10.0 Å². The van der Waals surface area contributed by atoms with E-state index in [1.54, 1.807) is 42.5 Å². The van der Waals surface area contributed by atoms with Crippen molar-refractivity contribution in [3.63, 3.8) is 0 Å². The van der Waals surface area contributed by atoms with E-state index >= 15 is 0 Å². The van der Waals surface area contributed by atoms with Gasteiger partial charge in [-0.3, -0.25) is 4.79 Å². The number of carbonyl (C=O) groups excluding carboxylic acids is 1. The fourth-order valence-corrected chi connectivity index (χ4v) is 4.60. The molecule has 2 aromatic rings. The highest BCUT2D eigenvalue weighted by Crippen LogP contribution is 2.12. The van der Waals surface area contributed by atoms with Crippen molar-refractivity contribution in [2.75, 3.05) is 19.3 Å². The quantitative estimate of drug-likeness (QED) is 0.562. The van der Waals surface area contributed by atoms with Crippen LogP contribution in [0.25, 0.3) is 0 Å². The van der Waals surface area contributed by atoms with Gasteiger partial charge in [-0.2, -0.15) is 0 Å². The van der Waals surface area contributed by atoms with Crippen molar-refractivity contribution < 1.29 is 21.6 Å². The summed E-state index contributed by atoms with van der Waals surface area (Å²) in [7, 11) is -5.46. The number of hydrogen-bond donors (Lipinski definition) is 2. The highest BCUT2D eigenvalue weighted by Gasteiger charge is 2.14. The summed E-state index contributed by atoms with van der Waals surface area (Å²) in [4.78, 5) is 12.4. The number of sulfone groups is 1. The molecule has 0 atom stereocenters. The third-order valence-electron chi connectivity index (χ3n) is 4.16. The Labute approximate surface area is 166 Å². The van der Waals surface area contributed by atoms with E-state index in [-0.39, 0.29) is 34.4 Å². The Morgan fingerprint density at radius 1 is 0.893 bits per heavy atom. The van der Waals surface area contributed by atoms with E-state index in [2.05, 4.69) is 10.0 Å². The van der Waals surface area contributed by atoms with Crippen molar-refractivity contribution in [2.24, 2.45) is 0 Å². The molecule has 2 N–H and O–H groups in total. The van der Waals surface area contributed by atoms with Gasteiger partial charge in [0.1, 0.15) is 0 Å². The average molecular weight is 425 g/mol. The molecule has 7 nitrogen and oxygen atoms in total. The first-order valence-electron chi connectivity index (χ1n) is 8.81. The number of amides is 1. The van der Waals surface area contributed by atoms with Crippen LogP contribution in [0.5, 0.6) is 0 Å². The van der Waals surface area contributed by atoms with Crippen molar-refractivity contribution in [1.29, 1.82) is 0 Å². The molecule has 9 heteroatoms. The lowest BCUT2D eigenvalue weighted by Crippen LogP contribution is -2.26. The Morgan fingerprint density at radius 2 is 1.54 bits per heavy atom. The topological polar surface area (TPSA) is 109 Å². The monoisotopic (exact) mass is 424 g/mol. The Balaban J connectivity index is 1.73. The molecule has 28 heavy (non-hydrogen) atoms. The number of hydrogen-bond acceptors (Lipinski definition) is 5. The van der Waals surface area contributed by atoms with Gasteiger partial charge in [0.05, 0.1) is 15.5 Å². The molecule has 0 heterocycles. The van der Waals surface area contributed by atoms with Gasteiger partial charge in [0.25, 0.3) is 0 Å². The molecular formula is C19H24N2O5S2. The standard InChI is InChI=1S/C19H24N2O5S2/c1-20-28(25,26)18-11-8-16(9-12-18)10-13-19(22)21-14-5-15-27(23,24)17-6-3-2-4-7-17/h2-4,6-9,11-12,20H,5,10,13-15H2,1H3,(H,21,22). The minimum Gasteiger partial charge on any atom is -0.356 e. The van der Waals surface area contributed by atoms with Crippen LogP contribution in [0.4, 0.5) is 0 Å². The fourth-order valence-electron chi connectivity index (χ4n) is 2.54. The van der Waals surface area contributed by atoms with Gasteiger partial charge >= 0.3 is 0 Å². The van der Waals surface area contributed by atoms with E-state index in [0.717, 1.165) is 5.56 Å². The molecule has 0 saturated heterocycles. The van der Waals surface area contributed by atoms with Gasteiger partial charge in [-0.25, -0.2) is 21.6 Å². The van der Waals surface area contributed by atoms with Crippen molar-refractivity contribution in [3.8, 4) is 0 Å². The number of aryl methyl sites for hydroxylation is 1. The van der Waals surface area contributed by atoms with E-state index in [4.69, 9.17) is 0 Å². The van der Waals surface area contributed by atoms with E-state index in [1.165, 1.54) is 19.2 Å². The molecule has 2 aromatic carbocycles. The van der Waals surface area contributed by atoms with E-state index in [0.29, 0.717) is 12.8 Å². The minimum absolute atomic E-state index is 0.0291. The average Bonchev–Trinajstić information content (AvgIpc) is 2.70. The Kier molecular flexibility index (Phi) is 7.73. The number of benzene rings is 2. The molecule has 0 radical (unpaired) electrons. The summed E-state index contributed by atoms with van der Waals surface area (Å²) in [5, 5.41) is 2.71. The molecule has 0 aliphatic heterocycles. The molecular weight excluding hydrogens is 400 g/mol. The number of sulfonamides is 1. The lowest BCUT2D eigenvalue weighted by Gasteiger charge is -2.07. The first-order valence-corrected chi connectivity index (χ1v) is 11.9. The molecule has 0 spiro atoms. The van der Waals surface area contributed by atoms with Crippen LogP contribution in [-0.2, 0) is 31.1 Å². The maximum absolute atomic E-state index is 12.1. The molecule has 0 bridgehead atoms. The number of rotatable bonds is 10. The molecule has 152 valence electrons. The smallest absolute Gasteiger partial charge is 0.240 e. The van der Waals surface area contributed by atoms with Crippen LogP contribution >= 0.6 is 0 Å².